The summed E-state index contributed by atoms with van der Waals surface area (Å²) in [4.78, 5) is 10.00. The van der Waals surface area contributed by atoms with Crippen molar-refractivity contribution in [1.29, 1.82) is 0 Å². The molecule has 0 amide bonds. The zero-order valence-electron chi connectivity index (χ0n) is 5.91. The number of aldehydes is 1. The highest BCUT2D eigenvalue weighted by Crippen LogP contribution is 2.20. The Morgan fingerprint density at radius 2 is 2.20 bits per heavy atom. The first-order valence-electron chi connectivity index (χ1n) is 3.56. The summed E-state index contributed by atoms with van der Waals surface area (Å²) >= 11 is 1.75. The smallest absolute Gasteiger partial charge is 0.129 e. The number of carbonyl (C=O) groups excluding carboxylic acids is 1. The number of ether oxygens (including phenoxy) is 1. The highest BCUT2D eigenvalue weighted by Gasteiger charge is 2.12. The first-order valence-corrected chi connectivity index (χ1v) is 4.61. The molecule has 0 aromatic rings. The molecule has 1 rings (SSSR count). The van der Waals surface area contributed by atoms with E-state index in [-0.39, 0.29) is 0 Å². The molecule has 0 unspecified atom stereocenters. The van der Waals surface area contributed by atoms with Gasteiger partial charge in [-0.1, -0.05) is 0 Å². The third-order valence-corrected chi connectivity index (χ3v) is 2.84. The zero-order chi connectivity index (χ0) is 7.23. The van der Waals surface area contributed by atoms with Crippen molar-refractivity contribution in [3.63, 3.8) is 0 Å². The minimum atomic E-state index is 0.644. The monoisotopic (exact) mass is 160 g/mol. The van der Waals surface area contributed by atoms with Gasteiger partial charge in [0, 0.05) is 24.2 Å². The molecule has 0 radical (unpaired) electrons. The number of hydrogen-bond donors (Lipinski definition) is 0. The van der Waals surface area contributed by atoms with Gasteiger partial charge < -0.3 is 9.53 Å². The average Bonchev–Trinajstić information content (AvgIpc) is 2.03. The third kappa shape index (κ3) is 2.71. The van der Waals surface area contributed by atoms with Gasteiger partial charge in [0.25, 0.3) is 0 Å². The Morgan fingerprint density at radius 1 is 1.50 bits per heavy atom. The molecule has 1 fully saturated rings. The summed E-state index contributed by atoms with van der Waals surface area (Å²) in [5.74, 6) is 0.644. The number of thioether (sulfide) groups is 1. The normalized spacial score (nSPS) is 20.8. The van der Waals surface area contributed by atoms with Crippen molar-refractivity contribution in [3.8, 4) is 0 Å². The van der Waals surface area contributed by atoms with E-state index in [1.807, 2.05) is 0 Å². The maximum absolute atomic E-state index is 10.00. The second-order valence-electron chi connectivity index (χ2n) is 2.31. The van der Waals surface area contributed by atoms with Crippen molar-refractivity contribution in [3.05, 3.63) is 0 Å². The molecule has 0 saturated carbocycles. The number of hydrogen-bond acceptors (Lipinski definition) is 3. The van der Waals surface area contributed by atoms with Crippen LogP contribution in [0.3, 0.4) is 0 Å². The minimum Gasteiger partial charge on any atom is -0.381 e. The van der Waals surface area contributed by atoms with Gasteiger partial charge >= 0.3 is 0 Å². The SMILES string of the molecule is O=CCSC1CCOCC1. The van der Waals surface area contributed by atoms with Crippen LogP contribution in [0.2, 0.25) is 0 Å². The molecule has 0 aliphatic carbocycles. The summed E-state index contributed by atoms with van der Waals surface area (Å²) in [6, 6.07) is 0. The van der Waals surface area contributed by atoms with E-state index in [1.165, 1.54) is 0 Å². The Morgan fingerprint density at radius 3 is 2.80 bits per heavy atom. The fourth-order valence-electron chi connectivity index (χ4n) is 1.02. The van der Waals surface area contributed by atoms with Gasteiger partial charge in [-0.25, -0.2) is 0 Å². The Bertz CT molecular complexity index is 99.8. The molecule has 3 heteroatoms. The number of carbonyl (C=O) groups is 1. The van der Waals surface area contributed by atoms with Crippen LogP contribution in [0.4, 0.5) is 0 Å². The Labute approximate surface area is 65.3 Å². The highest BCUT2D eigenvalue weighted by atomic mass is 32.2. The van der Waals surface area contributed by atoms with Crippen LogP contribution in [0.15, 0.2) is 0 Å². The maximum atomic E-state index is 10.00. The van der Waals surface area contributed by atoms with Gasteiger partial charge in [0.05, 0.1) is 0 Å². The fourth-order valence-corrected chi connectivity index (χ4v) is 1.89. The summed E-state index contributed by atoms with van der Waals surface area (Å²) in [7, 11) is 0. The fraction of sp³-hybridized carbons (Fsp3) is 0.857. The van der Waals surface area contributed by atoms with Crippen LogP contribution in [0.1, 0.15) is 12.8 Å². The Kier molecular flexibility index (Phi) is 3.83. The summed E-state index contributed by atoms with van der Waals surface area (Å²) in [5.41, 5.74) is 0. The van der Waals surface area contributed by atoms with E-state index < -0.39 is 0 Å². The topological polar surface area (TPSA) is 26.3 Å². The molecule has 58 valence electrons. The first-order chi connectivity index (χ1) is 4.93. The molecule has 1 saturated heterocycles. The molecule has 0 aromatic heterocycles. The van der Waals surface area contributed by atoms with Crippen molar-refractivity contribution in [2.24, 2.45) is 0 Å². The molecular formula is C7H12O2S. The van der Waals surface area contributed by atoms with Crippen LogP contribution < -0.4 is 0 Å². The second-order valence-corrected chi connectivity index (χ2v) is 3.65. The van der Waals surface area contributed by atoms with Gasteiger partial charge in [0.2, 0.25) is 0 Å². The van der Waals surface area contributed by atoms with Gasteiger partial charge in [-0.2, -0.15) is 11.8 Å². The van der Waals surface area contributed by atoms with Gasteiger partial charge in [0.1, 0.15) is 6.29 Å². The molecule has 0 N–H and O–H groups in total. The summed E-state index contributed by atoms with van der Waals surface area (Å²) in [6.07, 6.45) is 3.19. The molecule has 0 atom stereocenters. The van der Waals surface area contributed by atoms with E-state index in [4.69, 9.17) is 4.74 Å². The zero-order valence-corrected chi connectivity index (χ0v) is 6.73. The quantitative estimate of drug-likeness (QED) is 0.578. The lowest BCUT2D eigenvalue weighted by molar-refractivity contribution is -0.105. The Hall–Kier alpha value is -0.0200. The third-order valence-electron chi connectivity index (χ3n) is 1.57. The van der Waals surface area contributed by atoms with Crippen LogP contribution in [0.25, 0.3) is 0 Å². The van der Waals surface area contributed by atoms with Gasteiger partial charge in [-0.15, -0.1) is 0 Å². The predicted octanol–water partition coefficient (Wildman–Crippen LogP) is 1.10. The predicted molar refractivity (Wildman–Crippen MR) is 42.4 cm³/mol. The first kappa shape index (κ1) is 8.08. The molecule has 1 aliphatic rings. The van der Waals surface area contributed by atoms with Crippen molar-refractivity contribution in [1.82, 2.24) is 0 Å². The van der Waals surface area contributed by atoms with Crippen LogP contribution in [-0.4, -0.2) is 30.5 Å². The lowest BCUT2D eigenvalue weighted by Gasteiger charge is -2.20. The lowest BCUT2D eigenvalue weighted by atomic mass is 10.2. The van der Waals surface area contributed by atoms with Crippen molar-refractivity contribution in [2.75, 3.05) is 19.0 Å². The average molecular weight is 160 g/mol. The van der Waals surface area contributed by atoms with E-state index >= 15 is 0 Å². The molecule has 2 nitrogen and oxygen atoms in total. The molecule has 0 spiro atoms. The molecule has 10 heavy (non-hydrogen) atoms. The largest absolute Gasteiger partial charge is 0.381 e. The minimum absolute atomic E-state index is 0.644. The maximum Gasteiger partial charge on any atom is 0.129 e. The molecular weight excluding hydrogens is 148 g/mol. The van der Waals surface area contributed by atoms with E-state index in [1.54, 1.807) is 11.8 Å². The molecule has 1 heterocycles. The highest BCUT2D eigenvalue weighted by molar-refractivity contribution is 8.00. The van der Waals surface area contributed by atoms with E-state index in [2.05, 4.69) is 0 Å². The van der Waals surface area contributed by atoms with Gasteiger partial charge in [-0.05, 0) is 12.8 Å². The van der Waals surface area contributed by atoms with Crippen LogP contribution in [0.5, 0.6) is 0 Å². The van der Waals surface area contributed by atoms with E-state index in [0.717, 1.165) is 32.3 Å². The summed E-state index contributed by atoms with van der Waals surface area (Å²) in [6.45, 7) is 1.74. The molecule has 1 aliphatic heterocycles. The van der Waals surface area contributed by atoms with Crippen LogP contribution in [-0.2, 0) is 9.53 Å². The van der Waals surface area contributed by atoms with Crippen LogP contribution in [0, 0.1) is 0 Å². The van der Waals surface area contributed by atoms with Gasteiger partial charge in [-0.3, -0.25) is 0 Å². The van der Waals surface area contributed by atoms with Crippen molar-refractivity contribution < 1.29 is 9.53 Å². The Balaban J connectivity index is 2.07. The molecule has 0 aromatic carbocycles. The lowest BCUT2D eigenvalue weighted by Crippen LogP contribution is -2.17. The van der Waals surface area contributed by atoms with Crippen LogP contribution >= 0.6 is 11.8 Å². The molecule has 0 bridgehead atoms. The summed E-state index contributed by atoms with van der Waals surface area (Å²) in [5, 5.41) is 0.666. The summed E-state index contributed by atoms with van der Waals surface area (Å²) < 4.78 is 5.18. The van der Waals surface area contributed by atoms with Crippen molar-refractivity contribution >= 4 is 18.0 Å². The van der Waals surface area contributed by atoms with E-state index in [9.17, 15) is 4.79 Å². The standard InChI is InChI=1S/C7H12O2S/c8-3-6-10-7-1-4-9-5-2-7/h3,7H,1-2,4-6H2. The van der Waals surface area contributed by atoms with E-state index in [0.29, 0.717) is 11.0 Å². The second kappa shape index (κ2) is 4.74. The van der Waals surface area contributed by atoms with Crippen molar-refractivity contribution in [2.45, 2.75) is 18.1 Å². The van der Waals surface area contributed by atoms with Gasteiger partial charge in [0.15, 0.2) is 0 Å². The number of rotatable bonds is 3.